The highest BCUT2D eigenvalue weighted by Gasteiger charge is 2.34. The Morgan fingerprint density at radius 1 is 0.905 bits per heavy atom. The van der Waals surface area contributed by atoms with Crippen molar-refractivity contribution >= 4 is 0 Å². The second kappa shape index (κ2) is 6.74. The Bertz CT molecular complexity index is 544. The van der Waals surface area contributed by atoms with Crippen LogP contribution in [0.2, 0.25) is 0 Å². The minimum Gasteiger partial charge on any atom is -0.486 e. The number of nitrogens with zero attached hydrogens (tertiary/aromatic N) is 1. The smallest absolute Gasteiger partial charge is 0.139 e. The van der Waals surface area contributed by atoms with E-state index in [9.17, 15) is 0 Å². The van der Waals surface area contributed by atoms with Crippen molar-refractivity contribution < 1.29 is 9.47 Å². The van der Waals surface area contributed by atoms with Gasteiger partial charge >= 0.3 is 0 Å². The van der Waals surface area contributed by atoms with E-state index in [4.69, 9.17) is 9.47 Å². The number of rotatable bonds is 5. The van der Waals surface area contributed by atoms with Gasteiger partial charge in [-0.15, -0.1) is 0 Å². The molecule has 3 heteroatoms. The molecule has 0 bridgehead atoms. The summed E-state index contributed by atoms with van der Waals surface area (Å²) in [6, 6.07) is 20.5. The molecule has 0 saturated carbocycles. The first kappa shape index (κ1) is 14.1. The Labute approximate surface area is 126 Å². The van der Waals surface area contributed by atoms with E-state index in [1.807, 2.05) is 36.4 Å². The van der Waals surface area contributed by atoms with Crippen molar-refractivity contribution in [1.29, 1.82) is 0 Å². The number of methoxy groups -OCH3 is 1. The van der Waals surface area contributed by atoms with Gasteiger partial charge in [0.1, 0.15) is 18.0 Å². The standard InChI is InChI=1S/C18H21NO2/c1-20-17-13-19(12-15-8-4-2-5-9-15)14-18(17)21-16-10-6-3-7-11-16/h2-11,17-18H,12-14H2,1H3. The minimum atomic E-state index is 0.0844. The Balaban J connectivity index is 1.63. The lowest BCUT2D eigenvalue weighted by molar-refractivity contribution is 0.0340. The molecule has 0 N–H and O–H groups in total. The van der Waals surface area contributed by atoms with Crippen LogP contribution in [0.25, 0.3) is 0 Å². The van der Waals surface area contributed by atoms with E-state index in [1.165, 1.54) is 5.56 Å². The van der Waals surface area contributed by atoms with E-state index < -0.39 is 0 Å². The van der Waals surface area contributed by atoms with Crippen LogP contribution >= 0.6 is 0 Å². The summed E-state index contributed by atoms with van der Waals surface area (Å²) in [6.45, 7) is 2.74. The van der Waals surface area contributed by atoms with Crippen molar-refractivity contribution in [3.05, 3.63) is 66.2 Å². The lowest BCUT2D eigenvalue weighted by Gasteiger charge is -2.18. The van der Waals surface area contributed by atoms with E-state index in [-0.39, 0.29) is 12.2 Å². The molecule has 0 spiro atoms. The average Bonchev–Trinajstić information content (AvgIpc) is 2.91. The highest BCUT2D eigenvalue weighted by Crippen LogP contribution is 2.21. The molecular weight excluding hydrogens is 262 g/mol. The summed E-state index contributed by atoms with van der Waals surface area (Å²) in [6.07, 6.45) is 0.204. The molecule has 1 fully saturated rings. The van der Waals surface area contributed by atoms with Gasteiger partial charge in [0.2, 0.25) is 0 Å². The molecule has 2 aromatic rings. The molecule has 0 radical (unpaired) electrons. The highest BCUT2D eigenvalue weighted by atomic mass is 16.5. The van der Waals surface area contributed by atoms with Crippen molar-refractivity contribution in [1.82, 2.24) is 4.90 Å². The van der Waals surface area contributed by atoms with Gasteiger partial charge in [0, 0.05) is 26.7 Å². The average molecular weight is 283 g/mol. The third-order valence-electron chi connectivity index (χ3n) is 3.87. The molecule has 0 aliphatic carbocycles. The quantitative estimate of drug-likeness (QED) is 0.842. The zero-order valence-electron chi connectivity index (χ0n) is 12.3. The Morgan fingerprint density at radius 2 is 1.52 bits per heavy atom. The SMILES string of the molecule is COC1CN(Cc2ccccc2)CC1Oc1ccccc1. The zero-order chi connectivity index (χ0) is 14.5. The van der Waals surface area contributed by atoms with Crippen LogP contribution in [0, 0.1) is 0 Å². The van der Waals surface area contributed by atoms with Crippen molar-refractivity contribution in [2.75, 3.05) is 20.2 Å². The van der Waals surface area contributed by atoms with E-state index in [0.717, 1.165) is 25.4 Å². The lowest BCUT2D eigenvalue weighted by atomic mass is 10.2. The fraction of sp³-hybridized carbons (Fsp3) is 0.333. The summed E-state index contributed by atoms with van der Waals surface area (Å²) in [5.74, 6) is 0.908. The van der Waals surface area contributed by atoms with Gasteiger partial charge < -0.3 is 9.47 Å². The van der Waals surface area contributed by atoms with Crippen LogP contribution in [0.3, 0.4) is 0 Å². The molecule has 1 aliphatic rings. The number of hydrogen-bond donors (Lipinski definition) is 0. The molecule has 1 heterocycles. The van der Waals surface area contributed by atoms with Gasteiger partial charge in [0.15, 0.2) is 0 Å². The van der Waals surface area contributed by atoms with Gasteiger partial charge in [-0.3, -0.25) is 4.90 Å². The maximum Gasteiger partial charge on any atom is 0.139 e. The van der Waals surface area contributed by atoms with Gasteiger partial charge in [0.25, 0.3) is 0 Å². The Morgan fingerprint density at radius 3 is 2.19 bits per heavy atom. The predicted molar refractivity (Wildman–Crippen MR) is 83.4 cm³/mol. The van der Waals surface area contributed by atoms with Crippen molar-refractivity contribution in [2.45, 2.75) is 18.8 Å². The van der Waals surface area contributed by atoms with Crippen molar-refractivity contribution in [3.8, 4) is 5.75 Å². The highest BCUT2D eigenvalue weighted by molar-refractivity contribution is 5.22. The summed E-state index contributed by atoms with van der Waals surface area (Å²) in [5.41, 5.74) is 1.33. The summed E-state index contributed by atoms with van der Waals surface area (Å²) in [5, 5.41) is 0. The molecule has 110 valence electrons. The van der Waals surface area contributed by atoms with Gasteiger partial charge in [-0.1, -0.05) is 48.5 Å². The maximum atomic E-state index is 6.08. The minimum absolute atomic E-state index is 0.0844. The summed E-state index contributed by atoms with van der Waals surface area (Å²) >= 11 is 0. The van der Waals surface area contributed by atoms with Crippen LogP contribution in [-0.2, 0) is 11.3 Å². The normalized spacial score (nSPS) is 22.3. The summed E-state index contributed by atoms with van der Waals surface area (Å²) < 4.78 is 11.7. The van der Waals surface area contributed by atoms with Crippen LogP contribution in [0.5, 0.6) is 5.75 Å². The largest absolute Gasteiger partial charge is 0.486 e. The zero-order valence-corrected chi connectivity index (χ0v) is 12.3. The van der Waals surface area contributed by atoms with Crippen LogP contribution < -0.4 is 4.74 Å². The summed E-state index contributed by atoms with van der Waals surface area (Å²) in [7, 11) is 1.76. The second-order valence-electron chi connectivity index (χ2n) is 5.42. The van der Waals surface area contributed by atoms with E-state index in [0.29, 0.717) is 0 Å². The molecule has 3 nitrogen and oxygen atoms in total. The van der Waals surface area contributed by atoms with Crippen LogP contribution in [0.4, 0.5) is 0 Å². The summed E-state index contributed by atoms with van der Waals surface area (Å²) in [4.78, 5) is 2.39. The van der Waals surface area contributed by atoms with E-state index in [1.54, 1.807) is 7.11 Å². The maximum absolute atomic E-state index is 6.08. The molecule has 1 saturated heterocycles. The van der Waals surface area contributed by atoms with Crippen molar-refractivity contribution in [2.24, 2.45) is 0 Å². The molecular formula is C18H21NO2. The topological polar surface area (TPSA) is 21.7 Å². The van der Waals surface area contributed by atoms with Crippen LogP contribution in [0.15, 0.2) is 60.7 Å². The van der Waals surface area contributed by atoms with Gasteiger partial charge in [-0.25, -0.2) is 0 Å². The van der Waals surface area contributed by atoms with Crippen LogP contribution in [0.1, 0.15) is 5.56 Å². The number of likely N-dealkylation sites (tertiary alicyclic amines) is 1. The Kier molecular flexibility index (Phi) is 4.53. The number of ether oxygens (including phenoxy) is 2. The Hall–Kier alpha value is -1.84. The predicted octanol–water partition coefficient (Wildman–Crippen LogP) is 2.96. The molecule has 0 aromatic heterocycles. The van der Waals surface area contributed by atoms with Gasteiger partial charge in [-0.2, -0.15) is 0 Å². The van der Waals surface area contributed by atoms with Gasteiger partial charge in [-0.05, 0) is 17.7 Å². The molecule has 2 aromatic carbocycles. The first-order valence-corrected chi connectivity index (χ1v) is 7.36. The molecule has 0 amide bonds. The van der Waals surface area contributed by atoms with Gasteiger partial charge in [0.05, 0.1) is 0 Å². The van der Waals surface area contributed by atoms with E-state index >= 15 is 0 Å². The fourth-order valence-electron chi connectivity index (χ4n) is 2.80. The molecule has 3 rings (SSSR count). The van der Waals surface area contributed by atoms with Crippen molar-refractivity contribution in [3.63, 3.8) is 0 Å². The fourth-order valence-corrected chi connectivity index (χ4v) is 2.80. The van der Waals surface area contributed by atoms with Crippen LogP contribution in [-0.4, -0.2) is 37.3 Å². The van der Waals surface area contributed by atoms with E-state index in [2.05, 4.69) is 29.2 Å². The lowest BCUT2D eigenvalue weighted by Crippen LogP contribution is -2.31. The number of para-hydroxylation sites is 1. The second-order valence-corrected chi connectivity index (χ2v) is 5.42. The first-order chi connectivity index (χ1) is 10.3. The molecule has 2 unspecified atom stereocenters. The third-order valence-corrected chi connectivity index (χ3v) is 3.87. The monoisotopic (exact) mass is 283 g/mol. The molecule has 1 aliphatic heterocycles. The third kappa shape index (κ3) is 3.63. The number of benzene rings is 2. The molecule has 2 atom stereocenters. The molecule has 21 heavy (non-hydrogen) atoms. The first-order valence-electron chi connectivity index (χ1n) is 7.36. The number of hydrogen-bond acceptors (Lipinski definition) is 3.